The van der Waals surface area contributed by atoms with Crippen molar-refractivity contribution in [1.82, 2.24) is 4.90 Å². The largest absolute Gasteiger partial charge is 0.459 e. The molecular formula is C31H40N2O7SSi. The number of hydrogen-bond donors (Lipinski definition) is 0. The SMILES string of the molecule is C=C(C)[C@H](C(=O)OCc1ccc([N+](=O)[O-])cc1)N1C(=O)[C@@H]([C@@H](CO[SiH](C)C)C(C)(C)C)[C@H]1CC(=O)Sc1ccccc1. The highest BCUT2D eigenvalue weighted by atomic mass is 32.2. The molecule has 0 unspecified atom stereocenters. The lowest BCUT2D eigenvalue weighted by Crippen LogP contribution is -2.70. The molecule has 2 aromatic rings. The summed E-state index contributed by atoms with van der Waals surface area (Å²) in [5.74, 6) is -1.58. The molecule has 0 spiro atoms. The normalized spacial score (nSPS) is 18.3. The predicted octanol–water partition coefficient (Wildman–Crippen LogP) is 5.78. The summed E-state index contributed by atoms with van der Waals surface area (Å²) in [6, 6.07) is 13.4. The van der Waals surface area contributed by atoms with Crippen molar-refractivity contribution in [3.63, 3.8) is 0 Å². The van der Waals surface area contributed by atoms with Crippen LogP contribution in [0.4, 0.5) is 5.69 Å². The predicted molar refractivity (Wildman–Crippen MR) is 165 cm³/mol. The van der Waals surface area contributed by atoms with E-state index in [1.54, 1.807) is 6.92 Å². The lowest BCUT2D eigenvalue weighted by Gasteiger charge is -2.55. The Labute approximate surface area is 253 Å². The average molecular weight is 613 g/mol. The molecule has 9 nitrogen and oxygen atoms in total. The van der Waals surface area contributed by atoms with Gasteiger partial charge in [0.1, 0.15) is 6.61 Å². The quantitative estimate of drug-likeness (QED) is 0.0532. The Morgan fingerprint density at radius 2 is 1.74 bits per heavy atom. The minimum Gasteiger partial charge on any atom is -0.459 e. The second-order valence-corrected chi connectivity index (χ2v) is 15.5. The number of ether oxygens (including phenoxy) is 1. The van der Waals surface area contributed by atoms with E-state index in [2.05, 4.69) is 40.4 Å². The van der Waals surface area contributed by atoms with Gasteiger partial charge in [-0.2, -0.15) is 0 Å². The molecule has 0 bridgehead atoms. The molecule has 0 saturated carbocycles. The number of esters is 1. The fourth-order valence-electron chi connectivity index (χ4n) is 5.10. The molecule has 0 N–H and O–H groups in total. The van der Waals surface area contributed by atoms with Gasteiger partial charge in [0.05, 0.1) is 16.9 Å². The number of thioether (sulfide) groups is 1. The van der Waals surface area contributed by atoms with E-state index < -0.39 is 37.9 Å². The summed E-state index contributed by atoms with van der Waals surface area (Å²) in [6.45, 7) is 16.2. The summed E-state index contributed by atoms with van der Waals surface area (Å²) >= 11 is 1.12. The van der Waals surface area contributed by atoms with Crippen molar-refractivity contribution in [3.8, 4) is 0 Å². The molecular weight excluding hydrogens is 573 g/mol. The van der Waals surface area contributed by atoms with Gasteiger partial charge in [0, 0.05) is 30.1 Å². The lowest BCUT2D eigenvalue weighted by atomic mass is 9.65. The molecule has 1 aliphatic rings. The minimum absolute atomic E-state index is 0.0566. The highest BCUT2D eigenvalue weighted by Gasteiger charge is 2.57. The van der Waals surface area contributed by atoms with Crippen LogP contribution in [-0.4, -0.2) is 54.5 Å². The Hall–Kier alpha value is -3.28. The molecule has 0 aliphatic carbocycles. The van der Waals surface area contributed by atoms with E-state index in [1.807, 2.05) is 30.3 Å². The number of carbonyl (C=O) groups excluding carboxylic acids is 3. The van der Waals surface area contributed by atoms with E-state index in [0.717, 1.165) is 16.7 Å². The Balaban J connectivity index is 1.87. The van der Waals surface area contributed by atoms with Crippen LogP contribution in [0, 0.1) is 27.4 Å². The molecule has 1 heterocycles. The number of nitro groups is 1. The van der Waals surface area contributed by atoms with Gasteiger partial charge in [0.25, 0.3) is 5.69 Å². The van der Waals surface area contributed by atoms with Crippen LogP contribution in [0.3, 0.4) is 0 Å². The van der Waals surface area contributed by atoms with Crippen molar-refractivity contribution in [2.75, 3.05) is 6.61 Å². The maximum Gasteiger partial charge on any atom is 0.333 e. The molecule has 1 saturated heterocycles. The van der Waals surface area contributed by atoms with Crippen molar-refractivity contribution in [2.24, 2.45) is 17.3 Å². The fourth-order valence-corrected chi connectivity index (χ4v) is 6.50. The van der Waals surface area contributed by atoms with Gasteiger partial charge in [-0.3, -0.25) is 19.7 Å². The zero-order valence-electron chi connectivity index (χ0n) is 25.1. The van der Waals surface area contributed by atoms with Crippen LogP contribution >= 0.6 is 11.8 Å². The van der Waals surface area contributed by atoms with Crippen molar-refractivity contribution in [1.29, 1.82) is 0 Å². The highest BCUT2D eigenvalue weighted by molar-refractivity contribution is 8.13. The molecule has 1 fully saturated rings. The van der Waals surface area contributed by atoms with E-state index in [9.17, 15) is 24.5 Å². The molecule has 0 radical (unpaired) electrons. The molecule has 0 aromatic heterocycles. The smallest absolute Gasteiger partial charge is 0.333 e. The third-order valence-electron chi connectivity index (χ3n) is 7.31. The second kappa shape index (κ2) is 14.3. The third-order valence-corrected chi connectivity index (χ3v) is 9.07. The van der Waals surface area contributed by atoms with Crippen LogP contribution in [0.15, 0.2) is 71.6 Å². The number of amides is 1. The Bertz CT molecular complexity index is 1290. The number of non-ortho nitro benzene ring substituents is 1. The number of carbonyl (C=O) groups is 3. The Morgan fingerprint density at radius 1 is 1.12 bits per heavy atom. The average Bonchev–Trinajstić information content (AvgIpc) is 2.91. The monoisotopic (exact) mass is 612 g/mol. The summed E-state index contributed by atoms with van der Waals surface area (Å²) < 4.78 is 11.7. The van der Waals surface area contributed by atoms with E-state index in [-0.39, 0.29) is 41.1 Å². The van der Waals surface area contributed by atoms with E-state index >= 15 is 0 Å². The summed E-state index contributed by atoms with van der Waals surface area (Å²) in [5, 5.41) is 10.8. The number of benzene rings is 2. The van der Waals surface area contributed by atoms with Crippen LogP contribution in [0.1, 0.15) is 39.7 Å². The zero-order chi connectivity index (χ0) is 31.2. The molecule has 3 rings (SSSR count). The topological polar surface area (TPSA) is 116 Å². The molecule has 4 atom stereocenters. The van der Waals surface area contributed by atoms with Crippen molar-refractivity contribution in [3.05, 3.63) is 82.4 Å². The second-order valence-electron chi connectivity index (χ2n) is 12.0. The van der Waals surface area contributed by atoms with E-state index in [0.29, 0.717) is 17.7 Å². The molecule has 11 heteroatoms. The first-order chi connectivity index (χ1) is 19.7. The van der Waals surface area contributed by atoms with Gasteiger partial charge < -0.3 is 14.1 Å². The summed E-state index contributed by atoms with van der Waals surface area (Å²) in [7, 11) is -1.38. The number of likely N-dealkylation sites (tertiary alicyclic amines) is 1. The third kappa shape index (κ3) is 8.39. The van der Waals surface area contributed by atoms with Gasteiger partial charge in [-0.25, -0.2) is 4.79 Å². The van der Waals surface area contributed by atoms with Gasteiger partial charge >= 0.3 is 5.97 Å². The number of rotatable bonds is 13. The number of β-lactam (4-membered cyclic amide) rings is 1. The Morgan fingerprint density at radius 3 is 2.26 bits per heavy atom. The standard InChI is InChI=1S/C31H40N2O7SSi/c1-20(2)28(30(36)39-18-21-13-15-22(16-14-21)33(37)38)32-25(17-26(34)41-23-11-9-8-10-12-23)27(29(32)35)24(31(3,4)5)19-40-42(6)7/h8-16,24-25,27-28,42H,1,17-19H2,2-7H3/t24-,25-,27+,28-/m1/s1. The number of nitrogens with zero attached hydrogens (tertiary/aromatic N) is 2. The molecule has 1 aliphatic heterocycles. The van der Waals surface area contributed by atoms with Crippen LogP contribution in [-0.2, 0) is 30.2 Å². The molecule has 226 valence electrons. The van der Waals surface area contributed by atoms with Crippen LogP contribution < -0.4 is 0 Å². The number of hydrogen-bond acceptors (Lipinski definition) is 8. The van der Waals surface area contributed by atoms with Crippen molar-refractivity contribution < 1.29 is 28.5 Å². The molecule has 42 heavy (non-hydrogen) atoms. The van der Waals surface area contributed by atoms with Crippen molar-refractivity contribution >= 4 is 43.5 Å². The van der Waals surface area contributed by atoms with Crippen LogP contribution in [0.25, 0.3) is 0 Å². The van der Waals surface area contributed by atoms with Gasteiger partial charge in [0.15, 0.2) is 20.2 Å². The first-order valence-electron chi connectivity index (χ1n) is 14.0. The fraction of sp³-hybridized carbons (Fsp3) is 0.452. The molecule has 2 aromatic carbocycles. The first-order valence-corrected chi connectivity index (χ1v) is 17.5. The minimum atomic E-state index is -1.38. The van der Waals surface area contributed by atoms with Gasteiger partial charge in [-0.15, -0.1) is 0 Å². The number of nitro benzene ring substituents is 1. The van der Waals surface area contributed by atoms with Crippen LogP contribution in [0.5, 0.6) is 0 Å². The van der Waals surface area contributed by atoms with E-state index in [4.69, 9.17) is 9.16 Å². The van der Waals surface area contributed by atoms with Gasteiger partial charge in [-0.1, -0.05) is 57.3 Å². The van der Waals surface area contributed by atoms with Crippen LogP contribution in [0.2, 0.25) is 13.1 Å². The zero-order valence-corrected chi connectivity index (χ0v) is 27.0. The maximum atomic E-state index is 13.9. The summed E-state index contributed by atoms with van der Waals surface area (Å²) in [5.41, 5.74) is 0.622. The lowest BCUT2D eigenvalue weighted by molar-refractivity contribution is -0.384. The first kappa shape index (κ1) is 33.2. The highest BCUT2D eigenvalue weighted by Crippen LogP contribution is 2.46. The summed E-state index contributed by atoms with van der Waals surface area (Å²) in [6.07, 6.45) is 0.0566. The van der Waals surface area contributed by atoms with Gasteiger partial charge in [0.2, 0.25) is 5.91 Å². The molecule has 1 amide bonds. The summed E-state index contributed by atoms with van der Waals surface area (Å²) in [4.78, 5) is 53.4. The van der Waals surface area contributed by atoms with E-state index in [1.165, 1.54) is 29.2 Å². The Kier molecular flexibility index (Phi) is 11.3. The van der Waals surface area contributed by atoms with Crippen molar-refractivity contribution in [2.45, 2.75) is 70.8 Å². The van der Waals surface area contributed by atoms with Gasteiger partial charge in [-0.05, 0) is 66.8 Å². The maximum absolute atomic E-state index is 13.9.